The van der Waals surface area contributed by atoms with Crippen LogP contribution in [0.2, 0.25) is 0 Å². The molecule has 0 spiro atoms. The van der Waals surface area contributed by atoms with Gasteiger partial charge in [0.25, 0.3) is 0 Å². The molecule has 156 valence electrons. The molecule has 2 aromatic rings. The first-order valence-electron chi connectivity index (χ1n) is 10.5. The fourth-order valence-corrected chi connectivity index (χ4v) is 4.81. The minimum absolute atomic E-state index is 0. The summed E-state index contributed by atoms with van der Waals surface area (Å²) in [6.07, 6.45) is 5.92. The van der Waals surface area contributed by atoms with E-state index in [1.165, 1.54) is 22.5 Å². The summed E-state index contributed by atoms with van der Waals surface area (Å²) in [5.74, 6) is -0.683. The molecule has 29 heavy (non-hydrogen) atoms. The Morgan fingerprint density at radius 2 is 1.55 bits per heavy atom. The first-order valence-corrected chi connectivity index (χ1v) is 10.5. The monoisotopic (exact) mass is 414 g/mol. The van der Waals surface area contributed by atoms with Crippen molar-refractivity contribution in [3.8, 4) is 0 Å². The number of benzene rings is 2. The van der Waals surface area contributed by atoms with Gasteiger partial charge in [-0.1, -0.05) is 36.4 Å². The third-order valence-corrected chi connectivity index (χ3v) is 6.54. The van der Waals surface area contributed by atoms with Gasteiger partial charge in [0, 0.05) is 24.5 Å². The van der Waals surface area contributed by atoms with Gasteiger partial charge < -0.3 is 10.0 Å². The summed E-state index contributed by atoms with van der Waals surface area (Å²) in [5, 5.41) is 9.76. The van der Waals surface area contributed by atoms with Crippen LogP contribution in [-0.2, 0) is 17.6 Å². The Balaban J connectivity index is 0.00000240. The van der Waals surface area contributed by atoms with Gasteiger partial charge in [-0.3, -0.25) is 9.69 Å². The SMILES string of the molecule is CC1(C(=O)O)CCCCN1CCCN1c2ccccc2CCc2ccccc21.Cl. The molecule has 0 radical (unpaired) electrons. The number of carbonyl (C=O) groups is 1. The molecule has 2 aromatic carbocycles. The van der Waals surface area contributed by atoms with Crippen LogP contribution in [0, 0.1) is 0 Å². The number of para-hydroxylation sites is 2. The van der Waals surface area contributed by atoms with Crippen molar-refractivity contribution in [2.75, 3.05) is 24.5 Å². The highest BCUT2D eigenvalue weighted by molar-refractivity contribution is 5.85. The van der Waals surface area contributed by atoms with E-state index < -0.39 is 11.5 Å². The number of anilines is 2. The van der Waals surface area contributed by atoms with Gasteiger partial charge in [0.2, 0.25) is 0 Å². The summed E-state index contributed by atoms with van der Waals surface area (Å²) in [4.78, 5) is 16.5. The lowest BCUT2D eigenvalue weighted by Crippen LogP contribution is -2.55. The number of hydrogen-bond donors (Lipinski definition) is 1. The number of fused-ring (bicyclic) bond motifs is 2. The van der Waals surface area contributed by atoms with Crippen molar-refractivity contribution in [1.29, 1.82) is 0 Å². The van der Waals surface area contributed by atoms with Crippen LogP contribution < -0.4 is 4.90 Å². The van der Waals surface area contributed by atoms with Gasteiger partial charge in [0.1, 0.15) is 5.54 Å². The smallest absolute Gasteiger partial charge is 0.323 e. The summed E-state index contributed by atoms with van der Waals surface area (Å²) >= 11 is 0. The van der Waals surface area contributed by atoms with E-state index in [-0.39, 0.29) is 12.4 Å². The first kappa shape index (κ1) is 21.7. The lowest BCUT2D eigenvalue weighted by molar-refractivity contribution is -0.152. The molecular weight excluding hydrogens is 384 g/mol. The topological polar surface area (TPSA) is 43.8 Å². The molecule has 0 aromatic heterocycles. The Morgan fingerprint density at radius 1 is 0.966 bits per heavy atom. The van der Waals surface area contributed by atoms with Crippen molar-refractivity contribution in [3.63, 3.8) is 0 Å². The summed E-state index contributed by atoms with van der Waals surface area (Å²) in [5.41, 5.74) is 4.67. The fraction of sp³-hybridized carbons (Fsp3) is 0.458. The van der Waals surface area contributed by atoms with E-state index in [0.717, 1.165) is 58.2 Å². The maximum absolute atomic E-state index is 11.9. The van der Waals surface area contributed by atoms with Gasteiger partial charge in [-0.25, -0.2) is 0 Å². The Hall–Kier alpha value is -2.04. The van der Waals surface area contributed by atoms with Crippen molar-refractivity contribution >= 4 is 29.8 Å². The van der Waals surface area contributed by atoms with Crippen LogP contribution in [0.15, 0.2) is 48.5 Å². The Morgan fingerprint density at radius 3 is 2.14 bits per heavy atom. The molecule has 2 heterocycles. The Labute approximate surface area is 179 Å². The van der Waals surface area contributed by atoms with E-state index in [1.807, 2.05) is 6.92 Å². The van der Waals surface area contributed by atoms with Gasteiger partial charge in [-0.2, -0.15) is 0 Å². The zero-order valence-corrected chi connectivity index (χ0v) is 18.0. The number of carboxylic acids is 1. The fourth-order valence-electron chi connectivity index (χ4n) is 4.81. The van der Waals surface area contributed by atoms with Crippen LogP contribution in [0.1, 0.15) is 43.7 Å². The van der Waals surface area contributed by atoms with Gasteiger partial charge in [-0.05, 0) is 75.3 Å². The minimum atomic E-state index is -0.715. The molecule has 4 rings (SSSR count). The van der Waals surface area contributed by atoms with Gasteiger partial charge in [0.15, 0.2) is 0 Å². The highest BCUT2D eigenvalue weighted by Gasteiger charge is 2.40. The van der Waals surface area contributed by atoms with E-state index >= 15 is 0 Å². The zero-order chi connectivity index (χ0) is 19.6. The molecule has 4 nitrogen and oxygen atoms in total. The van der Waals surface area contributed by atoms with Crippen LogP contribution in [-0.4, -0.2) is 41.1 Å². The highest BCUT2D eigenvalue weighted by atomic mass is 35.5. The number of aryl methyl sites for hydroxylation is 2. The van der Waals surface area contributed by atoms with Crippen LogP contribution in [0.5, 0.6) is 0 Å². The Bertz CT molecular complexity index is 809. The van der Waals surface area contributed by atoms with E-state index in [2.05, 4.69) is 58.3 Å². The van der Waals surface area contributed by atoms with Crippen LogP contribution in [0.3, 0.4) is 0 Å². The normalized spacial score (nSPS) is 21.5. The van der Waals surface area contributed by atoms with Crippen molar-refractivity contribution in [1.82, 2.24) is 4.90 Å². The number of piperidine rings is 1. The van der Waals surface area contributed by atoms with E-state index in [0.29, 0.717) is 0 Å². The standard InChI is InChI=1S/C24H30N2O2.ClH/c1-24(23(27)28)15-6-7-16-25(24)17-8-18-26-21-11-4-2-9-19(21)13-14-20-10-3-5-12-22(20)26;/h2-5,9-12H,6-8,13-18H2,1H3,(H,27,28);1H. The first-order chi connectivity index (χ1) is 13.6. The molecule has 1 fully saturated rings. The number of nitrogens with zero attached hydrogens (tertiary/aromatic N) is 2. The summed E-state index contributed by atoms with van der Waals surface area (Å²) in [6.45, 7) is 4.50. The molecule has 1 saturated heterocycles. The molecule has 0 bridgehead atoms. The molecule has 2 aliphatic heterocycles. The molecular formula is C24H31ClN2O2. The maximum atomic E-state index is 11.9. The van der Waals surface area contributed by atoms with Crippen LogP contribution in [0.4, 0.5) is 11.4 Å². The van der Waals surface area contributed by atoms with Gasteiger partial charge >= 0.3 is 5.97 Å². The van der Waals surface area contributed by atoms with Crippen molar-refractivity contribution < 1.29 is 9.90 Å². The van der Waals surface area contributed by atoms with Crippen molar-refractivity contribution in [2.24, 2.45) is 0 Å². The maximum Gasteiger partial charge on any atom is 0.323 e. The van der Waals surface area contributed by atoms with Crippen LogP contribution in [0.25, 0.3) is 0 Å². The second kappa shape index (κ2) is 9.19. The average Bonchev–Trinajstić information content (AvgIpc) is 2.87. The molecule has 0 aliphatic carbocycles. The number of rotatable bonds is 5. The summed E-state index contributed by atoms with van der Waals surface area (Å²) < 4.78 is 0. The van der Waals surface area contributed by atoms with Gasteiger partial charge in [-0.15, -0.1) is 12.4 Å². The number of halogens is 1. The molecule has 1 atom stereocenters. The van der Waals surface area contributed by atoms with E-state index in [9.17, 15) is 9.90 Å². The summed E-state index contributed by atoms with van der Waals surface area (Å²) in [6, 6.07) is 17.4. The molecule has 0 amide bonds. The molecule has 1 N–H and O–H groups in total. The second-order valence-electron chi connectivity index (χ2n) is 8.29. The van der Waals surface area contributed by atoms with E-state index in [1.54, 1.807) is 0 Å². The predicted octanol–water partition coefficient (Wildman–Crippen LogP) is 5.06. The molecule has 2 aliphatic rings. The van der Waals surface area contributed by atoms with E-state index in [4.69, 9.17) is 0 Å². The van der Waals surface area contributed by atoms with Crippen molar-refractivity contribution in [2.45, 2.75) is 51.0 Å². The minimum Gasteiger partial charge on any atom is -0.480 e. The number of likely N-dealkylation sites (tertiary alicyclic amines) is 1. The lowest BCUT2D eigenvalue weighted by Gasteiger charge is -2.42. The third-order valence-electron chi connectivity index (χ3n) is 6.54. The zero-order valence-electron chi connectivity index (χ0n) is 17.1. The quantitative estimate of drug-likeness (QED) is 0.742. The van der Waals surface area contributed by atoms with Gasteiger partial charge in [0.05, 0.1) is 0 Å². The molecule has 0 saturated carbocycles. The third kappa shape index (κ3) is 4.29. The summed E-state index contributed by atoms with van der Waals surface area (Å²) in [7, 11) is 0. The lowest BCUT2D eigenvalue weighted by atomic mass is 9.88. The number of carboxylic acid groups (broad SMARTS) is 1. The molecule has 1 unspecified atom stereocenters. The van der Waals surface area contributed by atoms with Crippen LogP contribution >= 0.6 is 12.4 Å². The largest absolute Gasteiger partial charge is 0.480 e. The number of aliphatic carboxylic acids is 1. The van der Waals surface area contributed by atoms with Crippen molar-refractivity contribution in [3.05, 3.63) is 59.7 Å². The Kier molecular flexibility index (Phi) is 6.86. The second-order valence-corrected chi connectivity index (χ2v) is 8.29. The molecule has 5 heteroatoms. The highest BCUT2D eigenvalue weighted by Crippen LogP contribution is 2.36. The average molecular weight is 415 g/mol. The predicted molar refractivity (Wildman–Crippen MR) is 121 cm³/mol. The number of hydrogen-bond acceptors (Lipinski definition) is 3.